The van der Waals surface area contributed by atoms with Crippen LogP contribution >= 0.6 is 12.4 Å². The maximum atomic E-state index is 14.8. The molecule has 1 aliphatic heterocycles. The van der Waals surface area contributed by atoms with Crippen molar-refractivity contribution in [3.05, 3.63) is 42.0 Å². The van der Waals surface area contributed by atoms with E-state index in [1.165, 1.54) is 18.5 Å². The number of carbonyl (C=O) groups is 1. The van der Waals surface area contributed by atoms with E-state index in [1.807, 2.05) is 4.90 Å². The second-order valence-corrected chi connectivity index (χ2v) is 6.21. The summed E-state index contributed by atoms with van der Waals surface area (Å²) in [5.41, 5.74) is 11.9. The molecule has 1 amide bonds. The highest BCUT2D eigenvalue weighted by molar-refractivity contribution is 5.98. The zero-order chi connectivity index (χ0) is 21.5. The van der Waals surface area contributed by atoms with Gasteiger partial charge in [0, 0.05) is 29.1 Å². The minimum absolute atomic E-state index is 0. The Balaban J connectivity index is 0.00000341. The third-order valence-electron chi connectivity index (χ3n) is 4.01. The zero-order valence-corrected chi connectivity index (χ0v) is 17.1. The molecule has 1 aliphatic rings. The van der Waals surface area contributed by atoms with Crippen LogP contribution in [0.15, 0.2) is 40.7 Å². The lowest BCUT2D eigenvalue weighted by Crippen LogP contribution is -2.48. The van der Waals surface area contributed by atoms with Crippen molar-refractivity contribution in [2.75, 3.05) is 31.2 Å². The van der Waals surface area contributed by atoms with E-state index in [2.05, 4.69) is 20.1 Å². The van der Waals surface area contributed by atoms with Gasteiger partial charge in [0.1, 0.15) is 19.0 Å². The summed E-state index contributed by atoms with van der Waals surface area (Å²) in [6.45, 7) is 0.738. The number of hydrogen-bond acceptors (Lipinski definition) is 8. The van der Waals surface area contributed by atoms with Gasteiger partial charge < -0.3 is 31.0 Å². The molecule has 1 fully saturated rings. The molecule has 5 N–H and O–H groups in total. The SMILES string of the molecule is Cl.NC(N)=NC(=O)OCc1cccc(-c2cnc(N3CC(=NOCCO)C3)nc2)c1F. The topological polar surface area (TPSA) is 162 Å². The average molecular weight is 454 g/mol. The second-order valence-electron chi connectivity index (χ2n) is 6.21. The van der Waals surface area contributed by atoms with E-state index in [0.29, 0.717) is 24.6 Å². The Bertz CT molecular complexity index is 960. The number of ether oxygens (including phenoxy) is 1. The Morgan fingerprint density at radius 3 is 2.61 bits per heavy atom. The Kier molecular flexibility index (Phi) is 8.46. The normalized spacial score (nSPS) is 12.3. The molecule has 1 saturated heterocycles. The monoisotopic (exact) mass is 453 g/mol. The maximum absolute atomic E-state index is 14.8. The summed E-state index contributed by atoms with van der Waals surface area (Å²) >= 11 is 0. The van der Waals surface area contributed by atoms with Crippen LogP contribution in [0.4, 0.5) is 15.1 Å². The molecule has 0 atom stereocenters. The summed E-state index contributed by atoms with van der Waals surface area (Å²) in [5, 5.41) is 12.5. The fourth-order valence-electron chi connectivity index (χ4n) is 2.59. The van der Waals surface area contributed by atoms with Gasteiger partial charge in [0.2, 0.25) is 5.95 Å². The quantitative estimate of drug-likeness (QED) is 0.238. The zero-order valence-electron chi connectivity index (χ0n) is 16.3. The van der Waals surface area contributed by atoms with Crippen LogP contribution in [0.2, 0.25) is 0 Å². The van der Waals surface area contributed by atoms with Gasteiger partial charge in [-0.2, -0.15) is 0 Å². The number of aromatic nitrogens is 2. The fraction of sp³-hybridized carbons (Fsp3) is 0.278. The van der Waals surface area contributed by atoms with Gasteiger partial charge in [-0.25, -0.2) is 19.2 Å². The van der Waals surface area contributed by atoms with Gasteiger partial charge in [-0.3, -0.25) is 0 Å². The molecule has 0 bridgehead atoms. The number of nitrogens with zero attached hydrogens (tertiary/aromatic N) is 5. The predicted molar refractivity (Wildman–Crippen MR) is 113 cm³/mol. The number of guanidine groups is 1. The molecule has 1 aromatic carbocycles. The molecule has 0 spiro atoms. The molecule has 0 unspecified atom stereocenters. The number of hydrogen-bond donors (Lipinski definition) is 3. The number of halogens is 2. The molecular formula is C18H21ClFN7O4. The van der Waals surface area contributed by atoms with Crippen molar-refractivity contribution < 1.29 is 23.9 Å². The Labute approximate surface area is 183 Å². The van der Waals surface area contributed by atoms with Crippen LogP contribution in [-0.4, -0.2) is 59.1 Å². The van der Waals surface area contributed by atoms with Crippen LogP contribution in [0.5, 0.6) is 0 Å². The highest BCUT2D eigenvalue weighted by Crippen LogP contribution is 2.26. The molecule has 11 nitrogen and oxygen atoms in total. The van der Waals surface area contributed by atoms with Crippen LogP contribution in [0, 0.1) is 5.82 Å². The van der Waals surface area contributed by atoms with Crippen molar-refractivity contribution in [2.24, 2.45) is 21.6 Å². The number of aliphatic hydroxyl groups is 1. The van der Waals surface area contributed by atoms with Gasteiger partial charge in [0.05, 0.1) is 25.4 Å². The average Bonchev–Trinajstić information content (AvgIpc) is 2.69. The van der Waals surface area contributed by atoms with Gasteiger partial charge in [-0.1, -0.05) is 23.4 Å². The van der Waals surface area contributed by atoms with Crippen LogP contribution in [0.1, 0.15) is 5.56 Å². The number of amides is 1. The molecule has 0 radical (unpaired) electrons. The Morgan fingerprint density at radius 1 is 1.26 bits per heavy atom. The third-order valence-corrected chi connectivity index (χ3v) is 4.01. The van der Waals surface area contributed by atoms with Crippen LogP contribution in [0.3, 0.4) is 0 Å². The fourth-order valence-corrected chi connectivity index (χ4v) is 2.59. The summed E-state index contributed by atoms with van der Waals surface area (Å²) in [5.74, 6) is -0.530. The lowest BCUT2D eigenvalue weighted by Gasteiger charge is -2.31. The number of aliphatic hydroxyl groups excluding tert-OH is 1. The maximum Gasteiger partial charge on any atom is 0.437 e. The van der Waals surface area contributed by atoms with Crippen molar-refractivity contribution in [2.45, 2.75) is 6.61 Å². The number of benzene rings is 1. The lowest BCUT2D eigenvalue weighted by molar-refractivity contribution is 0.0975. The van der Waals surface area contributed by atoms with E-state index in [9.17, 15) is 9.18 Å². The minimum Gasteiger partial charge on any atom is -0.443 e. The Morgan fingerprint density at radius 2 is 1.97 bits per heavy atom. The van der Waals surface area contributed by atoms with Gasteiger partial charge in [0.25, 0.3) is 0 Å². The van der Waals surface area contributed by atoms with Gasteiger partial charge in [-0.15, -0.1) is 17.4 Å². The first-order valence-electron chi connectivity index (χ1n) is 8.87. The Hall–Kier alpha value is -3.51. The summed E-state index contributed by atoms with van der Waals surface area (Å²) in [6.07, 6.45) is 2.01. The van der Waals surface area contributed by atoms with Crippen molar-refractivity contribution in [1.82, 2.24) is 9.97 Å². The van der Waals surface area contributed by atoms with Gasteiger partial charge in [-0.05, 0) is 0 Å². The van der Waals surface area contributed by atoms with E-state index in [-0.39, 0.29) is 43.4 Å². The molecule has 0 aliphatic carbocycles. The minimum atomic E-state index is -1.01. The molecule has 1 aromatic heterocycles. The van der Waals surface area contributed by atoms with Crippen molar-refractivity contribution in [3.63, 3.8) is 0 Å². The highest BCUT2D eigenvalue weighted by atomic mass is 35.5. The second kappa shape index (κ2) is 11.0. The third kappa shape index (κ3) is 6.23. The van der Waals surface area contributed by atoms with Crippen molar-refractivity contribution >= 4 is 36.1 Å². The number of rotatable bonds is 7. The van der Waals surface area contributed by atoms with E-state index < -0.39 is 17.9 Å². The number of aliphatic imine (C=N–C) groups is 1. The molecule has 0 saturated carbocycles. The van der Waals surface area contributed by atoms with Crippen LogP contribution in [-0.2, 0) is 16.2 Å². The molecule has 166 valence electrons. The highest BCUT2D eigenvalue weighted by Gasteiger charge is 2.25. The first kappa shape index (κ1) is 23.8. The van der Waals surface area contributed by atoms with Crippen molar-refractivity contribution in [1.29, 1.82) is 0 Å². The number of oxime groups is 1. The smallest absolute Gasteiger partial charge is 0.437 e. The predicted octanol–water partition coefficient (Wildman–Crippen LogP) is 0.799. The van der Waals surface area contributed by atoms with E-state index in [4.69, 9.17) is 26.1 Å². The summed E-state index contributed by atoms with van der Waals surface area (Å²) in [6, 6.07) is 4.68. The van der Waals surface area contributed by atoms with Crippen LogP contribution < -0.4 is 16.4 Å². The summed E-state index contributed by atoms with van der Waals surface area (Å²) in [4.78, 5) is 29.9. The molecule has 2 aromatic rings. The number of carbonyl (C=O) groups excluding carboxylic acids is 1. The van der Waals surface area contributed by atoms with E-state index in [0.717, 1.165) is 5.71 Å². The molecule has 2 heterocycles. The molecular weight excluding hydrogens is 433 g/mol. The standard InChI is InChI=1S/C18H20FN7O4.ClH/c19-15-11(10-29-18(28)24-16(20)21)2-1-3-14(15)12-6-22-17(23-7-12)26-8-13(9-26)25-30-5-4-27;/h1-3,6-7,27H,4-5,8-10H2,(H4,20,21,24,28);1H. The number of nitrogens with two attached hydrogens (primary N) is 2. The number of anilines is 1. The summed E-state index contributed by atoms with van der Waals surface area (Å²) < 4.78 is 19.6. The largest absolute Gasteiger partial charge is 0.443 e. The molecule has 3 rings (SSSR count). The van der Waals surface area contributed by atoms with Crippen LogP contribution in [0.25, 0.3) is 11.1 Å². The summed E-state index contributed by atoms with van der Waals surface area (Å²) in [7, 11) is 0. The van der Waals surface area contributed by atoms with E-state index >= 15 is 0 Å². The van der Waals surface area contributed by atoms with Gasteiger partial charge in [0.15, 0.2) is 5.96 Å². The van der Waals surface area contributed by atoms with E-state index in [1.54, 1.807) is 12.1 Å². The lowest BCUT2D eigenvalue weighted by atomic mass is 10.1. The van der Waals surface area contributed by atoms with Crippen molar-refractivity contribution in [3.8, 4) is 11.1 Å². The van der Waals surface area contributed by atoms with Gasteiger partial charge >= 0.3 is 6.09 Å². The first-order valence-corrected chi connectivity index (χ1v) is 8.87. The first-order chi connectivity index (χ1) is 14.5. The molecule has 13 heteroatoms. The molecule has 31 heavy (non-hydrogen) atoms.